The van der Waals surface area contributed by atoms with E-state index in [1.165, 1.54) is 12.0 Å². The van der Waals surface area contributed by atoms with Crippen molar-refractivity contribution in [1.29, 1.82) is 0 Å². The molecule has 0 aliphatic rings. The Kier molecular flexibility index (Phi) is 5.81. The summed E-state index contributed by atoms with van der Waals surface area (Å²) < 4.78 is 10.3. The lowest BCUT2D eigenvalue weighted by Gasteiger charge is -2.21. The Hall–Kier alpha value is -2.79. The number of amides is 1. The van der Waals surface area contributed by atoms with Crippen molar-refractivity contribution in [3.63, 3.8) is 0 Å². The SMILES string of the molecule is COC(=O)CN(Cc1ccc(Cl)cc1)C(=O)Cc1coc2cc(C)ccc12. The lowest BCUT2D eigenvalue weighted by Crippen LogP contribution is -2.36. The molecule has 0 aliphatic heterocycles. The van der Waals surface area contributed by atoms with E-state index in [0.717, 1.165) is 27.7 Å². The molecular weight excluding hydrogens is 366 g/mol. The average Bonchev–Trinajstić information content (AvgIpc) is 3.04. The molecule has 6 heteroatoms. The molecule has 0 unspecified atom stereocenters. The number of nitrogens with zero attached hydrogens (tertiary/aromatic N) is 1. The van der Waals surface area contributed by atoms with Crippen LogP contribution in [0.1, 0.15) is 16.7 Å². The number of fused-ring (bicyclic) bond motifs is 1. The van der Waals surface area contributed by atoms with Gasteiger partial charge in [-0.2, -0.15) is 0 Å². The number of furan rings is 1. The number of rotatable bonds is 6. The molecule has 0 spiro atoms. The first-order valence-corrected chi connectivity index (χ1v) is 8.90. The van der Waals surface area contributed by atoms with Gasteiger partial charge in [0, 0.05) is 22.5 Å². The smallest absolute Gasteiger partial charge is 0.325 e. The zero-order valence-electron chi connectivity index (χ0n) is 15.2. The Balaban J connectivity index is 1.80. The van der Waals surface area contributed by atoms with E-state index in [1.807, 2.05) is 37.3 Å². The first kappa shape index (κ1) is 19.0. The fourth-order valence-corrected chi connectivity index (χ4v) is 2.99. The normalized spacial score (nSPS) is 10.8. The van der Waals surface area contributed by atoms with Crippen molar-refractivity contribution in [3.8, 4) is 0 Å². The zero-order valence-corrected chi connectivity index (χ0v) is 16.0. The van der Waals surface area contributed by atoms with Crippen molar-refractivity contribution < 1.29 is 18.7 Å². The van der Waals surface area contributed by atoms with E-state index in [0.29, 0.717) is 11.6 Å². The van der Waals surface area contributed by atoms with Crippen LogP contribution < -0.4 is 0 Å². The van der Waals surface area contributed by atoms with E-state index >= 15 is 0 Å². The van der Waals surface area contributed by atoms with E-state index < -0.39 is 5.97 Å². The summed E-state index contributed by atoms with van der Waals surface area (Å²) in [6.45, 7) is 2.16. The third kappa shape index (κ3) is 4.68. The van der Waals surface area contributed by atoms with Crippen LogP contribution in [0, 0.1) is 6.92 Å². The highest BCUT2D eigenvalue weighted by Crippen LogP contribution is 2.23. The first-order valence-electron chi connectivity index (χ1n) is 8.52. The standard InChI is InChI=1S/C21H20ClNO4/c1-14-3-8-18-16(13-27-19(18)9-14)10-20(24)23(12-21(25)26-2)11-15-4-6-17(22)7-5-15/h3-9,13H,10-12H2,1-2H3. The van der Waals surface area contributed by atoms with Crippen LogP contribution in [0.2, 0.25) is 5.02 Å². The molecule has 0 aliphatic carbocycles. The van der Waals surface area contributed by atoms with Crippen molar-refractivity contribution >= 4 is 34.4 Å². The van der Waals surface area contributed by atoms with E-state index in [4.69, 9.17) is 20.8 Å². The Morgan fingerprint density at radius 1 is 1.15 bits per heavy atom. The number of hydrogen-bond acceptors (Lipinski definition) is 4. The number of ether oxygens (including phenoxy) is 1. The largest absolute Gasteiger partial charge is 0.468 e. The second kappa shape index (κ2) is 8.27. The van der Waals surface area contributed by atoms with Gasteiger partial charge in [0.05, 0.1) is 19.8 Å². The minimum absolute atomic E-state index is 0.118. The molecule has 0 atom stereocenters. The molecular formula is C21H20ClNO4. The number of halogens is 1. The number of methoxy groups -OCH3 is 1. The molecule has 140 valence electrons. The minimum Gasteiger partial charge on any atom is -0.468 e. The summed E-state index contributed by atoms with van der Waals surface area (Å²) in [5.41, 5.74) is 3.50. The van der Waals surface area contributed by atoms with Crippen LogP contribution in [0.5, 0.6) is 0 Å². The van der Waals surface area contributed by atoms with Gasteiger partial charge in [0.2, 0.25) is 5.91 Å². The van der Waals surface area contributed by atoms with E-state index in [-0.39, 0.29) is 18.9 Å². The Labute approximate surface area is 162 Å². The van der Waals surface area contributed by atoms with Gasteiger partial charge in [-0.1, -0.05) is 35.9 Å². The van der Waals surface area contributed by atoms with Crippen molar-refractivity contribution in [2.45, 2.75) is 19.9 Å². The number of carbonyl (C=O) groups is 2. The lowest BCUT2D eigenvalue weighted by molar-refractivity contribution is -0.147. The molecule has 2 aromatic carbocycles. The highest BCUT2D eigenvalue weighted by Gasteiger charge is 2.20. The molecule has 0 N–H and O–H groups in total. The maximum Gasteiger partial charge on any atom is 0.325 e. The van der Waals surface area contributed by atoms with Crippen LogP contribution in [0.4, 0.5) is 0 Å². The molecule has 3 rings (SSSR count). The number of aryl methyl sites for hydroxylation is 1. The van der Waals surface area contributed by atoms with Gasteiger partial charge in [-0.05, 0) is 36.2 Å². The second-order valence-corrected chi connectivity index (χ2v) is 6.83. The number of hydrogen-bond donors (Lipinski definition) is 0. The van der Waals surface area contributed by atoms with Crippen molar-refractivity contribution in [2.75, 3.05) is 13.7 Å². The van der Waals surface area contributed by atoms with Crippen LogP contribution in [0.3, 0.4) is 0 Å². The van der Waals surface area contributed by atoms with Crippen LogP contribution in [0.15, 0.2) is 53.1 Å². The molecule has 0 radical (unpaired) electrons. The molecule has 27 heavy (non-hydrogen) atoms. The topological polar surface area (TPSA) is 59.8 Å². The molecule has 1 heterocycles. The Morgan fingerprint density at radius 3 is 2.59 bits per heavy atom. The molecule has 1 aromatic heterocycles. The van der Waals surface area contributed by atoms with E-state index in [1.54, 1.807) is 18.4 Å². The Bertz CT molecular complexity index is 962. The summed E-state index contributed by atoms with van der Waals surface area (Å²) in [4.78, 5) is 26.1. The predicted molar refractivity (Wildman–Crippen MR) is 104 cm³/mol. The van der Waals surface area contributed by atoms with E-state index in [2.05, 4.69) is 0 Å². The molecule has 0 saturated carbocycles. The average molecular weight is 386 g/mol. The maximum atomic E-state index is 12.9. The third-order valence-corrected chi connectivity index (χ3v) is 4.59. The van der Waals surface area contributed by atoms with E-state index in [9.17, 15) is 9.59 Å². The number of benzene rings is 2. The summed E-state index contributed by atoms with van der Waals surface area (Å²) in [6, 6.07) is 13.0. The fourth-order valence-electron chi connectivity index (χ4n) is 2.86. The van der Waals surface area contributed by atoms with Gasteiger partial charge in [0.1, 0.15) is 12.1 Å². The monoisotopic (exact) mass is 385 g/mol. The summed E-state index contributed by atoms with van der Waals surface area (Å²) in [6.07, 6.45) is 1.74. The van der Waals surface area contributed by atoms with Gasteiger partial charge in [0.25, 0.3) is 0 Å². The van der Waals surface area contributed by atoms with Gasteiger partial charge < -0.3 is 14.1 Å². The summed E-state index contributed by atoms with van der Waals surface area (Å²) in [5, 5.41) is 1.52. The summed E-state index contributed by atoms with van der Waals surface area (Å²) in [7, 11) is 1.30. The second-order valence-electron chi connectivity index (χ2n) is 6.39. The van der Waals surface area contributed by atoms with Crippen molar-refractivity contribution in [1.82, 2.24) is 4.90 Å². The lowest BCUT2D eigenvalue weighted by atomic mass is 10.1. The van der Waals surface area contributed by atoms with Crippen LogP contribution >= 0.6 is 11.6 Å². The summed E-state index contributed by atoms with van der Waals surface area (Å²) >= 11 is 5.91. The summed E-state index contributed by atoms with van der Waals surface area (Å²) in [5.74, 6) is -0.649. The molecule has 0 fully saturated rings. The molecule has 0 saturated heterocycles. The van der Waals surface area contributed by atoms with Crippen LogP contribution in [0.25, 0.3) is 11.0 Å². The first-order chi connectivity index (χ1) is 13.0. The van der Waals surface area contributed by atoms with Crippen LogP contribution in [-0.4, -0.2) is 30.4 Å². The molecule has 1 amide bonds. The van der Waals surface area contributed by atoms with Crippen molar-refractivity contribution in [3.05, 3.63) is 70.4 Å². The van der Waals surface area contributed by atoms with Gasteiger partial charge >= 0.3 is 5.97 Å². The predicted octanol–water partition coefficient (Wildman–Crippen LogP) is 4.14. The van der Waals surface area contributed by atoms with Gasteiger partial charge in [-0.3, -0.25) is 9.59 Å². The molecule has 5 nitrogen and oxygen atoms in total. The maximum absolute atomic E-state index is 12.9. The quantitative estimate of drug-likeness (QED) is 0.598. The van der Waals surface area contributed by atoms with Crippen LogP contribution in [-0.2, 0) is 27.3 Å². The fraction of sp³-hybridized carbons (Fsp3) is 0.238. The van der Waals surface area contributed by atoms with Gasteiger partial charge in [0.15, 0.2) is 0 Å². The highest BCUT2D eigenvalue weighted by atomic mass is 35.5. The number of carbonyl (C=O) groups excluding carboxylic acids is 2. The zero-order chi connectivity index (χ0) is 19.4. The van der Waals surface area contributed by atoms with Gasteiger partial charge in [-0.15, -0.1) is 0 Å². The molecule has 0 bridgehead atoms. The molecule has 3 aromatic rings. The highest BCUT2D eigenvalue weighted by molar-refractivity contribution is 6.30. The minimum atomic E-state index is -0.468. The van der Waals surface area contributed by atoms with Gasteiger partial charge in [-0.25, -0.2) is 0 Å². The van der Waals surface area contributed by atoms with Crippen molar-refractivity contribution in [2.24, 2.45) is 0 Å². The third-order valence-electron chi connectivity index (χ3n) is 4.34. The Morgan fingerprint density at radius 2 is 1.89 bits per heavy atom. The number of esters is 1.